The Balaban J connectivity index is 1.71. The summed E-state index contributed by atoms with van der Waals surface area (Å²) < 4.78 is 14.5. The highest BCUT2D eigenvalue weighted by Gasteiger charge is 2.20. The molecule has 4 heteroatoms. The molecule has 0 aliphatic heterocycles. The largest absolute Gasteiger partial charge is 0.310 e. The Morgan fingerprint density at radius 1 is 1.05 bits per heavy atom. The molecular weight excluding hydrogens is 277 g/mol. The Kier molecular flexibility index (Phi) is 3.31. The molecule has 1 aliphatic carbocycles. The molecule has 1 aromatic carbocycles. The van der Waals surface area contributed by atoms with E-state index >= 15 is 0 Å². The molecule has 1 aliphatic rings. The van der Waals surface area contributed by atoms with Gasteiger partial charge in [-0.05, 0) is 48.2 Å². The lowest BCUT2D eigenvalue weighted by atomic mass is 10.0. The van der Waals surface area contributed by atoms with E-state index in [0.717, 1.165) is 23.1 Å². The van der Waals surface area contributed by atoms with Gasteiger partial charge in [0.1, 0.15) is 5.82 Å². The lowest BCUT2D eigenvalue weighted by Crippen LogP contribution is -2.15. The fraction of sp³-hybridized carbons (Fsp3) is 0.222. The number of pyridine rings is 2. The Labute approximate surface area is 128 Å². The third kappa shape index (κ3) is 2.57. The Morgan fingerprint density at radius 2 is 1.91 bits per heavy atom. The lowest BCUT2D eigenvalue weighted by molar-refractivity contribution is 0.623. The van der Waals surface area contributed by atoms with Gasteiger partial charge < -0.3 is 5.32 Å². The van der Waals surface area contributed by atoms with Crippen molar-refractivity contribution in [3.8, 4) is 11.1 Å². The monoisotopic (exact) mass is 293 g/mol. The minimum atomic E-state index is -0.202. The second kappa shape index (κ2) is 5.46. The van der Waals surface area contributed by atoms with Crippen molar-refractivity contribution in [1.82, 2.24) is 15.3 Å². The van der Waals surface area contributed by atoms with Crippen molar-refractivity contribution in [1.29, 1.82) is 0 Å². The van der Waals surface area contributed by atoms with Gasteiger partial charge in [-0.3, -0.25) is 0 Å². The number of benzene rings is 1. The summed E-state index contributed by atoms with van der Waals surface area (Å²) in [6, 6.07) is 11.7. The zero-order valence-electron chi connectivity index (χ0n) is 12.1. The van der Waals surface area contributed by atoms with E-state index in [9.17, 15) is 4.39 Å². The Morgan fingerprint density at radius 3 is 2.73 bits per heavy atom. The SMILES string of the molecule is Fc1cc(CNC2CC2)ccc1-c1ccnc2ncccc12. The fourth-order valence-electron chi connectivity index (χ4n) is 2.65. The summed E-state index contributed by atoms with van der Waals surface area (Å²) >= 11 is 0. The van der Waals surface area contributed by atoms with E-state index in [1.165, 1.54) is 12.8 Å². The van der Waals surface area contributed by atoms with E-state index in [4.69, 9.17) is 0 Å². The van der Waals surface area contributed by atoms with Crippen LogP contribution in [-0.4, -0.2) is 16.0 Å². The van der Waals surface area contributed by atoms with Crippen molar-refractivity contribution in [2.24, 2.45) is 0 Å². The maximum Gasteiger partial charge on any atom is 0.159 e. The number of nitrogens with one attached hydrogen (secondary N) is 1. The van der Waals surface area contributed by atoms with Gasteiger partial charge in [-0.15, -0.1) is 0 Å². The van der Waals surface area contributed by atoms with Crippen molar-refractivity contribution in [3.05, 3.63) is 60.2 Å². The van der Waals surface area contributed by atoms with Gasteiger partial charge in [-0.25, -0.2) is 14.4 Å². The molecule has 1 fully saturated rings. The van der Waals surface area contributed by atoms with Crippen LogP contribution in [0.2, 0.25) is 0 Å². The van der Waals surface area contributed by atoms with E-state index in [-0.39, 0.29) is 5.82 Å². The van der Waals surface area contributed by atoms with Crippen molar-refractivity contribution in [3.63, 3.8) is 0 Å². The second-order valence-corrected chi connectivity index (χ2v) is 5.70. The highest BCUT2D eigenvalue weighted by atomic mass is 19.1. The van der Waals surface area contributed by atoms with Crippen LogP contribution in [0.3, 0.4) is 0 Å². The number of hydrogen-bond acceptors (Lipinski definition) is 3. The number of fused-ring (bicyclic) bond motifs is 1. The minimum absolute atomic E-state index is 0.202. The molecule has 0 amide bonds. The van der Waals surface area contributed by atoms with E-state index in [1.54, 1.807) is 18.5 Å². The van der Waals surface area contributed by atoms with Crippen LogP contribution in [0.5, 0.6) is 0 Å². The molecule has 1 N–H and O–H groups in total. The fourth-order valence-corrected chi connectivity index (χ4v) is 2.65. The second-order valence-electron chi connectivity index (χ2n) is 5.70. The van der Waals surface area contributed by atoms with Gasteiger partial charge in [-0.2, -0.15) is 0 Å². The predicted octanol–water partition coefficient (Wildman–Crippen LogP) is 3.69. The van der Waals surface area contributed by atoms with E-state index in [2.05, 4.69) is 15.3 Å². The average Bonchev–Trinajstić information content (AvgIpc) is 3.37. The zero-order chi connectivity index (χ0) is 14.9. The quantitative estimate of drug-likeness (QED) is 0.797. The van der Waals surface area contributed by atoms with E-state index in [0.29, 0.717) is 17.3 Å². The molecular formula is C18H16FN3. The maximum absolute atomic E-state index is 14.5. The van der Waals surface area contributed by atoms with Crippen LogP contribution in [0.4, 0.5) is 4.39 Å². The van der Waals surface area contributed by atoms with E-state index < -0.39 is 0 Å². The van der Waals surface area contributed by atoms with Crippen molar-refractivity contribution >= 4 is 11.0 Å². The number of nitrogens with zero attached hydrogens (tertiary/aromatic N) is 2. The number of halogens is 1. The first-order valence-electron chi connectivity index (χ1n) is 7.53. The van der Waals surface area contributed by atoms with Crippen LogP contribution in [-0.2, 0) is 6.54 Å². The molecule has 110 valence electrons. The smallest absolute Gasteiger partial charge is 0.159 e. The van der Waals surface area contributed by atoms with E-state index in [1.807, 2.05) is 30.3 Å². The molecule has 3 nitrogen and oxygen atoms in total. The summed E-state index contributed by atoms with van der Waals surface area (Å²) in [5.41, 5.74) is 3.04. The average molecular weight is 293 g/mol. The van der Waals surface area contributed by atoms with Gasteiger partial charge in [0.2, 0.25) is 0 Å². The standard InChI is InChI=1S/C18H16FN3/c19-17-10-12(11-22-13-4-5-13)3-6-15(17)14-7-9-21-18-16(14)2-1-8-20-18/h1-3,6-10,13,22H,4-5,11H2. The molecule has 0 radical (unpaired) electrons. The van der Waals surface area contributed by atoms with Crippen LogP contribution in [0.1, 0.15) is 18.4 Å². The molecule has 4 rings (SSSR count). The molecule has 0 saturated heterocycles. The molecule has 3 aromatic rings. The summed E-state index contributed by atoms with van der Waals surface area (Å²) in [6.07, 6.45) is 5.84. The number of hydrogen-bond donors (Lipinski definition) is 1. The normalized spacial score (nSPS) is 14.4. The highest BCUT2D eigenvalue weighted by molar-refractivity contribution is 5.92. The third-order valence-electron chi connectivity index (χ3n) is 4.01. The summed E-state index contributed by atoms with van der Waals surface area (Å²) in [6.45, 7) is 0.723. The van der Waals surface area contributed by atoms with Crippen LogP contribution in [0.15, 0.2) is 48.8 Å². The molecule has 0 unspecified atom stereocenters. The first kappa shape index (κ1) is 13.3. The van der Waals surface area contributed by atoms with Crippen LogP contribution >= 0.6 is 0 Å². The van der Waals surface area contributed by atoms with Crippen molar-refractivity contribution in [2.75, 3.05) is 0 Å². The van der Waals surface area contributed by atoms with Gasteiger partial charge in [0.15, 0.2) is 5.65 Å². The maximum atomic E-state index is 14.5. The van der Waals surface area contributed by atoms with Crippen LogP contribution in [0.25, 0.3) is 22.2 Å². The molecule has 2 aromatic heterocycles. The molecule has 22 heavy (non-hydrogen) atoms. The Bertz CT molecular complexity index is 822. The minimum Gasteiger partial charge on any atom is -0.310 e. The van der Waals surface area contributed by atoms with Crippen LogP contribution < -0.4 is 5.32 Å². The molecule has 0 bridgehead atoms. The number of rotatable bonds is 4. The third-order valence-corrected chi connectivity index (χ3v) is 4.01. The van der Waals surface area contributed by atoms with Gasteiger partial charge in [0, 0.05) is 35.9 Å². The molecule has 0 spiro atoms. The molecule has 2 heterocycles. The summed E-state index contributed by atoms with van der Waals surface area (Å²) in [4.78, 5) is 8.45. The van der Waals surface area contributed by atoms with Gasteiger partial charge in [0.05, 0.1) is 0 Å². The van der Waals surface area contributed by atoms with Gasteiger partial charge in [0.25, 0.3) is 0 Å². The number of aromatic nitrogens is 2. The van der Waals surface area contributed by atoms with Crippen molar-refractivity contribution in [2.45, 2.75) is 25.4 Å². The summed E-state index contributed by atoms with van der Waals surface area (Å²) in [5.74, 6) is -0.202. The van der Waals surface area contributed by atoms with Gasteiger partial charge in [-0.1, -0.05) is 12.1 Å². The lowest BCUT2D eigenvalue weighted by Gasteiger charge is -2.09. The zero-order valence-corrected chi connectivity index (χ0v) is 12.1. The van der Waals surface area contributed by atoms with Crippen LogP contribution in [0, 0.1) is 5.82 Å². The molecule has 0 atom stereocenters. The first-order chi connectivity index (χ1) is 10.8. The van der Waals surface area contributed by atoms with Gasteiger partial charge >= 0.3 is 0 Å². The Hall–Kier alpha value is -2.33. The van der Waals surface area contributed by atoms with Crippen molar-refractivity contribution < 1.29 is 4.39 Å². The molecule has 1 saturated carbocycles. The summed E-state index contributed by atoms with van der Waals surface area (Å²) in [5, 5.41) is 4.27. The topological polar surface area (TPSA) is 37.8 Å². The highest BCUT2D eigenvalue weighted by Crippen LogP contribution is 2.29. The first-order valence-corrected chi connectivity index (χ1v) is 7.53. The predicted molar refractivity (Wildman–Crippen MR) is 84.8 cm³/mol. The summed E-state index contributed by atoms with van der Waals surface area (Å²) in [7, 11) is 0.